The summed E-state index contributed by atoms with van der Waals surface area (Å²) in [5.41, 5.74) is 12.8. The second-order valence-electron chi connectivity index (χ2n) is 11.3. The van der Waals surface area contributed by atoms with E-state index < -0.39 is 5.41 Å². The van der Waals surface area contributed by atoms with E-state index in [0.29, 0.717) is 0 Å². The summed E-state index contributed by atoms with van der Waals surface area (Å²) >= 11 is 0. The van der Waals surface area contributed by atoms with Gasteiger partial charge in [0, 0.05) is 0 Å². The summed E-state index contributed by atoms with van der Waals surface area (Å²) in [4.78, 5) is 0. The smallest absolute Gasteiger partial charge is 0.0622 e. The molecule has 0 unspecified atom stereocenters. The summed E-state index contributed by atoms with van der Waals surface area (Å²) in [6, 6.07) is 62.5. The molecule has 0 amide bonds. The fraction of sp³-hybridized carbons (Fsp3) is 0.0476. The van der Waals surface area contributed by atoms with Crippen LogP contribution in [0.4, 0.5) is 0 Å². The lowest BCUT2D eigenvalue weighted by Gasteiger charge is -2.34. The zero-order valence-electron chi connectivity index (χ0n) is 23.4. The van der Waals surface area contributed by atoms with Crippen LogP contribution in [0.2, 0.25) is 0 Å². The third-order valence-corrected chi connectivity index (χ3v) is 8.97. The van der Waals surface area contributed by atoms with Crippen molar-refractivity contribution in [1.82, 2.24) is 0 Å². The zero-order valence-corrected chi connectivity index (χ0v) is 23.4. The van der Waals surface area contributed by atoms with Crippen LogP contribution in [-0.2, 0) is 11.8 Å². The van der Waals surface area contributed by atoms with Gasteiger partial charge in [0.1, 0.15) is 0 Å². The zero-order chi connectivity index (χ0) is 27.9. The van der Waals surface area contributed by atoms with Crippen LogP contribution in [-0.4, -0.2) is 0 Å². The number of fused-ring (bicyclic) bond motifs is 5. The summed E-state index contributed by atoms with van der Waals surface area (Å²) in [6.07, 6.45) is 0.888. The van der Waals surface area contributed by atoms with Crippen molar-refractivity contribution in [2.45, 2.75) is 11.8 Å². The van der Waals surface area contributed by atoms with Crippen molar-refractivity contribution in [1.29, 1.82) is 0 Å². The van der Waals surface area contributed by atoms with Crippen LogP contribution in [0.3, 0.4) is 0 Å². The van der Waals surface area contributed by atoms with E-state index in [1.807, 2.05) is 0 Å². The molecule has 198 valence electrons. The fourth-order valence-corrected chi connectivity index (χ4v) is 7.10. The lowest BCUT2D eigenvalue weighted by molar-refractivity contribution is 0.767. The molecule has 7 aromatic rings. The molecular weight excluding hydrogens is 504 g/mol. The third-order valence-electron chi connectivity index (χ3n) is 8.97. The van der Waals surface area contributed by atoms with Gasteiger partial charge in [-0.2, -0.15) is 0 Å². The number of benzene rings is 7. The van der Waals surface area contributed by atoms with E-state index in [1.54, 1.807) is 0 Å². The first kappa shape index (κ1) is 24.6. The van der Waals surface area contributed by atoms with E-state index in [9.17, 15) is 0 Å². The van der Waals surface area contributed by atoms with Crippen molar-refractivity contribution in [2.75, 3.05) is 0 Å². The first-order valence-electron chi connectivity index (χ1n) is 14.7. The molecule has 7 aromatic carbocycles. The Bertz CT molecular complexity index is 1980. The maximum atomic E-state index is 2.48. The highest BCUT2D eigenvalue weighted by molar-refractivity contribution is 6.04. The Morgan fingerprint density at radius 1 is 0.405 bits per heavy atom. The van der Waals surface area contributed by atoms with Crippen molar-refractivity contribution in [2.24, 2.45) is 0 Å². The topological polar surface area (TPSA) is 0 Å². The lowest BCUT2D eigenvalue weighted by Crippen LogP contribution is -2.28. The molecule has 0 fully saturated rings. The van der Waals surface area contributed by atoms with Crippen molar-refractivity contribution in [3.63, 3.8) is 0 Å². The molecule has 0 aromatic heterocycles. The van der Waals surface area contributed by atoms with Gasteiger partial charge in [0.25, 0.3) is 0 Å². The second-order valence-corrected chi connectivity index (χ2v) is 11.3. The number of hydrogen-bond donors (Lipinski definition) is 0. The predicted molar refractivity (Wildman–Crippen MR) is 176 cm³/mol. The van der Waals surface area contributed by atoms with Gasteiger partial charge in [0.2, 0.25) is 0 Å². The van der Waals surface area contributed by atoms with Crippen LogP contribution < -0.4 is 0 Å². The van der Waals surface area contributed by atoms with E-state index >= 15 is 0 Å². The summed E-state index contributed by atoms with van der Waals surface area (Å²) in [7, 11) is 0. The average molecular weight is 535 g/mol. The molecule has 0 aliphatic heterocycles. The van der Waals surface area contributed by atoms with Gasteiger partial charge in [0.05, 0.1) is 5.41 Å². The van der Waals surface area contributed by atoms with Gasteiger partial charge in [-0.3, -0.25) is 0 Å². The van der Waals surface area contributed by atoms with Crippen molar-refractivity contribution >= 4 is 10.8 Å². The second kappa shape index (κ2) is 10.0. The van der Waals surface area contributed by atoms with Gasteiger partial charge >= 0.3 is 0 Å². The maximum Gasteiger partial charge on any atom is 0.0713 e. The van der Waals surface area contributed by atoms with Crippen LogP contribution in [0.5, 0.6) is 0 Å². The predicted octanol–water partition coefficient (Wildman–Crippen LogP) is 10.5. The average Bonchev–Trinajstić information content (AvgIpc) is 3.37. The molecule has 0 bridgehead atoms. The first-order chi connectivity index (χ1) is 20.8. The highest BCUT2D eigenvalue weighted by atomic mass is 14.5. The molecule has 0 nitrogen and oxygen atoms in total. The Morgan fingerprint density at radius 3 is 1.67 bits per heavy atom. The molecule has 42 heavy (non-hydrogen) atoms. The molecule has 0 saturated carbocycles. The molecule has 0 heterocycles. The standard InChI is InChI=1S/C42H30/c1-4-12-32(13-5-1)33-23-20-30(21-24-33)28-31-22-26-38-40(29-31)42(35-15-6-2-7-16-35,36-17-8-3-9-18-36)39-27-25-34-14-10-11-19-37(34)41(38)39/h1-27,29H,28H2. The molecule has 0 atom stereocenters. The first-order valence-corrected chi connectivity index (χ1v) is 14.7. The van der Waals surface area contributed by atoms with Crippen molar-refractivity contribution in [3.8, 4) is 22.3 Å². The normalized spacial score (nSPS) is 13.0. The van der Waals surface area contributed by atoms with Crippen LogP contribution in [0, 0.1) is 0 Å². The van der Waals surface area contributed by atoms with E-state index in [1.165, 1.54) is 66.4 Å². The van der Waals surface area contributed by atoms with E-state index in [0.717, 1.165) is 6.42 Å². The van der Waals surface area contributed by atoms with Gasteiger partial charge in [-0.15, -0.1) is 0 Å². The Balaban J connectivity index is 1.33. The molecule has 0 heteroatoms. The van der Waals surface area contributed by atoms with Gasteiger partial charge < -0.3 is 0 Å². The van der Waals surface area contributed by atoms with E-state index in [2.05, 4.69) is 170 Å². The molecule has 0 spiro atoms. The molecular formula is C42H30. The molecule has 8 rings (SSSR count). The van der Waals surface area contributed by atoms with Gasteiger partial charge in [0.15, 0.2) is 0 Å². The Hall–Kier alpha value is -5.20. The quantitative estimate of drug-likeness (QED) is 0.206. The summed E-state index contributed by atoms with van der Waals surface area (Å²) < 4.78 is 0. The summed E-state index contributed by atoms with van der Waals surface area (Å²) in [5, 5.41) is 2.59. The SMILES string of the molecule is c1ccc(-c2ccc(Cc3ccc4c(c3)C(c3ccccc3)(c3ccccc3)c3ccc5ccccc5c3-4)cc2)cc1. The van der Waals surface area contributed by atoms with Crippen LogP contribution >= 0.6 is 0 Å². The fourth-order valence-electron chi connectivity index (χ4n) is 7.10. The van der Waals surface area contributed by atoms with Crippen LogP contribution in [0.1, 0.15) is 33.4 Å². The van der Waals surface area contributed by atoms with E-state index in [4.69, 9.17) is 0 Å². The maximum absolute atomic E-state index is 2.48. The van der Waals surface area contributed by atoms with Gasteiger partial charge in [-0.1, -0.05) is 170 Å². The van der Waals surface area contributed by atoms with E-state index in [-0.39, 0.29) is 0 Å². The highest BCUT2D eigenvalue weighted by Crippen LogP contribution is 2.57. The molecule has 1 aliphatic carbocycles. The van der Waals surface area contributed by atoms with Crippen molar-refractivity contribution in [3.05, 3.63) is 203 Å². The molecule has 1 aliphatic rings. The van der Waals surface area contributed by atoms with Gasteiger partial charge in [-0.05, 0) is 72.8 Å². The summed E-state index contributed by atoms with van der Waals surface area (Å²) in [6.45, 7) is 0. The van der Waals surface area contributed by atoms with Crippen molar-refractivity contribution < 1.29 is 0 Å². The minimum absolute atomic E-state index is 0.398. The monoisotopic (exact) mass is 534 g/mol. The van der Waals surface area contributed by atoms with Crippen LogP contribution in [0.15, 0.2) is 170 Å². The van der Waals surface area contributed by atoms with Crippen LogP contribution in [0.25, 0.3) is 33.0 Å². The number of hydrogen-bond acceptors (Lipinski definition) is 0. The molecule has 0 N–H and O–H groups in total. The lowest BCUT2D eigenvalue weighted by atomic mass is 9.67. The largest absolute Gasteiger partial charge is 0.0713 e. The minimum atomic E-state index is -0.398. The minimum Gasteiger partial charge on any atom is -0.0622 e. The summed E-state index contributed by atoms with van der Waals surface area (Å²) in [5.74, 6) is 0. The highest BCUT2D eigenvalue weighted by Gasteiger charge is 2.46. The number of rotatable bonds is 5. The van der Waals surface area contributed by atoms with Gasteiger partial charge in [-0.25, -0.2) is 0 Å². The Labute approximate surface area is 247 Å². The molecule has 0 saturated heterocycles. The third kappa shape index (κ3) is 3.84. The Morgan fingerprint density at radius 2 is 0.976 bits per heavy atom. The Kier molecular flexibility index (Phi) is 5.86. The molecule has 0 radical (unpaired) electrons.